The molecule has 3 rings (SSSR count). The number of imidazole rings is 1. The highest BCUT2D eigenvalue weighted by atomic mass is 16.2. The third-order valence-corrected chi connectivity index (χ3v) is 3.30. The molecule has 0 saturated heterocycles. The van der Waals surface area contributed by atoms with Crippen LogP contribution in [-0.2, 0) is 20.1 Å². The number of nitrogens with one attached hydrogen (secondary N) is 2. The Morgan fingerprint density at radius 2 is 2.00 bits per heavy atom. The van der Waals surface area contributed by atoms with E-state index in [2.05, 4.69) is 25.7 Å². The molecule has 0 aliphatic carbocycles. The quantitative estimate of drug-likeness (QED) is 0.745. The van der Waals surface area contributed by atoms with Crippen molar-refractivity contribution in [1.29, 1.82) is 0 Å². The highest BCUT2D eigenvalue weighted by Crippen LogP contribution is 2.05. The van der Waals surface area contributed by atoms with Crippen molar-refractivity contribution in [2.45, 2.75) is 13.1 Å². The molecule has 23 heavy (non-hydrogen) atoms. The second kappa shape index (κ2) is 6.73. The van der Waals surface area contributed by atoms with Crippen molar-refractivity contribution in [3.05, 3.63) is 60.6 Å². The lowest BCUT2D eigenvalue weighted by molar-refractivity contribution is 0.251. The van der Waals surface area contributed by atoms with E-state index in [4.69, 9.17) is 0 Å². The van der Waals surface area contributed by atoms with Crippen LogP contribution in [0.2, 0.25) is 0 Å². The first-order valence-electron chi connectivity index (χ1n) is 7.14. The normalized spacial score (nSPS) is 10.5. The zero-order valence-corrected chi connectivity index (χ0v) is 12.7. The number of hydrogen-bond donors (Lipinski definition) is 2. The van der Waals surface area contributed by atoms with Crippen LogP contribution >= 0.6 is 0 Å². The number of hydrogen-bond acceptors (Lipinski definition) is 4. The number of aromatic nitrogens is 5. The highest BCUT2D eigenvalue weighted by molar-refractivity contribution is 5.87. The smallest absolute Gasteiger partial charge is 0.320 e. The average Bonchev–Trinajstić information content (AvgIpc) is 3.15. The monoisotopic (exact) mass is 311 g/mol. The summed E-state index contributed by atoms with van der Waals surface area (Å²) in [5.41, 5.74) is 1.09. The van der Waals surface area contributed by atoms with Gasteiger partial charge in [-0.1, -0.05) is 0 Å². The van der Waals surface area contributed by atoms with Gasteiger partial charge in [-0.25, -0.2) is 9.78 Å². The van der Waals surface area contributed by atoms with Gasteiger partial charge in [0.1, 0.15) is 5.82 Å². The molecule has 118 valence electrons. The van der Waals surface area contributed by atoms with E-state index in [1.54, 1.807) is 29.3 Å². The van der Waals surface area contributed by atoms with Gasteiger partial charge >= 0.3 is 6.03 Å². The van der Waals surface area contributed by atoms with E-state index >= 15 is 0 Å². The maximum atomic E-state index is 11.9. The molecule has 3 aromatic heterocycles. The molecule has 2 amide bonds. The lowest BCUT2D eigenvalue weighted by Crippen LogP contribution is -2.29. The number of amides is 2. The molecule has 3 heterocycles. The molecule has 0 aliphatic rings. The van der Waals surface area contributed by atoms with Crippen LogP contribution < -0.4 is 10.6 Å². The van der Waals surface area contributed by atoms with E-state index in [0.717, 1.165) is 11.4 Å². The fourth-order valence-electron chi connectivity index (χ4n) is 2.08. The Morgan fingerprint density at radius 3 is 2.74 bits per heavy atom. The van der Waals surface area contributed by atoms with Crippen LogP contribution in [0.3, 0.4) is 0 Å². The van der Waals surface area contributed by atoms with Crippen molar-refractivity contribution in [3.63, 3.8) is 0 Å². The van der Waals surface area contributed by atoms with E-state index in [1.807, 2.05) is 36.1 Å². The molecule has 0 saturated carbocycles. The van der Waals surface area contributed by atoms with Crippen LogP contribution in [0.5, 0.6) is 0 Å². The zero-order valence-electron chi connectivity index (χ0n) is 12.7. The van der Waals surface area contributed by atoms with Gasteiger partial charge in [-0.2, -0.15) is 5.10 Å². The third kappa shape index (κ3) is 3.94. The third-order valence-electron chi connectivity index (χ3n) is 3.30. The van der Waals surface area contributed by atoms with Crippen molar-refractivity contribution >= 4 is 11.8 Å². The van der Waals surface area contributed by atoms with Crippen LogP contribution in [0.15, 0.2) is 49.2 Å². The number of urea groups is 1. The SMILES string of the molecule is Cn1ccnc1CNC(=O)Nc1ccn(Cc2ccncc2)n1. The number of nitrogens with zero attached hydrogens (tertiary/aromatic N) is 5. The van der Waals surface area contributed by atoms with Gasteiger partial charge in [0.25, 0.3) is 0 Å². The molecule has 8 heteroatoms. The Balaban J connectivity index is 1.52. The van der Waals surface area contributed by atoms with Gasteiger partial charge in [0.2, 0.25) is 0 Å². The molecule has 3 aromatic rings. The second-order valence-electron chi connectivity index (χ2n) is 5.02. The van der Waals surface area contributed by atoms with E-state index in [0.29, 0.717) is 18.9 Å². The lowest BCUT2D eigenvalue weighted by Gasteiger charge is -2.06. The summed E-state index contributed by atoms with van der Waals surface area (Å²) in [7, 11) is 1.88. The number of rotatable bonds is 5. The van der Waals surface area contributed by atoms with Crippen LogP contribution in [0.1, 0.15) is 11.4 Å². The lowest BCUT2D eigenvalue weighted by atomic mass is 10.3. The van der Waals surface area contributed by atoms with E-state index in [1.165, 1.54) is 0 Å². The Bertz CT molecular complexity index is 778. The van der Waals surface area contributed by atoms with E-state index in [-0.39, 0.29) is 6.03 Å². The van der Waals surface area contributed by atoms with Crippen molar-refractivity contribution in [3.8, 4) is 0 Å². The summed E-state index contributed by atoms with van der Waals surface area (Å²) >= 11 is 0. The largest absolute Gasteiger partial charge is 0.337 e. The summed E-state index contributed by atoms with van der Waals surface area (Å²) in [6, 6.07) is 5.28. The first-order valence-corrected chi connectivity index (χ1v) is 7.14. The first kappa shape index (κ1) is 14.8. The summed E-state index contributed by atoms with van der Waals surface area (Å²) in [6.07, 6.45) is 8.81. The summed E-state index contributed by atoms with van der Waals surface area (Å²) in [5, 5.41) is 9.75. The van der Waals surface area contributed by atoms with Crippen LogP contribution in [0.4, 0.5) is 10.6 Å². The minimum Gasteiger partial charge on any atom is -0.337 e. The summed E-state index contributed by atoms with van der Waals surface area (Å²) in [5.74, 6) is 1.28. The maximum Gasteiger partial charge on any atom is 0.320 e. The number of anilines is 1. The molecule has 0 bridgehead atoms. The molecule has 0 atom stereocenters. The molecule has 0 aromatic carbocycles. The zero-order chi connectivity index (χ0) is 16.1. The van der Waals surface area contributed by atoms with Crippen molar-refractivity contribution in [2.75, 3.05) is 5.32 Å². The molecule has 0 unspecified atom stereocenters. The predicted octanol–water partition coefficient (Wildman–Crippen LogP) is 1.38. The minimum atomic E-state index is -0.317. The molecule has 0 radical (unpaired) electrons. The van der Waals surface area contributed by atoms with Crippen molar-refractivity contribution in [2.24, 2.45) is 7.05 Å². The van der Waals surface area contributed by atoms with Gasteiger partial charge in [0.15, 0.2) is 5.82 Å². The Hall–Kier alpha value is -3.16. The van der Waals surface area contributed by atoms with Crippen LogP contribution in [0, 0.1) is 0 Å². The molecule has 0 spiro atoms. The topological polar surface area (TPSA) is 89.7 Å². The summed E-state index contributed by atoms with van der Waals surface area (Å²) in [4.78, 5) is 20.0. The van der Waals surface area contributed by atoms with E-state index in [9.17, 15) is 4.79 Å². The van der Waals surface area contributed by atoms with Crippen LogP contribution in [0.25, 0.3) is 0 Å². The van der Waals surface area contributed by atoms with Gasteiger partial charge in [0, 0.05) is 44.1 Å². The Labute approximate surface area is 133 Å². The Morgan fingerprint density at radius 1 is 1.17 bits per heavy atom. The highest BCUT2D eigenvalue weighted by Gasteiger charge is 2.06. The van der Waals surface area contributed by atoms with Crippen LogP contribution in [-0.4, -0.2) is 30.3 Å². The van der Waals surface area contributed by atoms with Gasteiger partial charge < -0.3 is 9.88 Å². The molecule has 0 fully saturated rings. The van der Waals surface area contributed by atoms with Gasteiger partial charge in [-0.3, -0.25) is 15.0 Å². The summed E-state index contributed by atoms with van der Waals surface area (Å²) < 4.78 is 3.60. The Kier molecular flexibility index (Phi) is 4.32. The number of carbonyl (C=O) groups excluding carboxylic acids is 1. The fraction of sp³-hybridized carbons (Fsp3) is 0.200. The predicted molar refractivity (Wildman–Crippen MR) is 84.6 cm³/mol. The van der Waals surface area contributed by atoms with Gasteiger partial charge in [-0.05, 0) is 17.7 Å². The van der Waals surface area contributed by atoms with Gasteiger partial charge in [-0.15, -0.1) is 0 Å². The molecule has 0 aliphatic heterocycles. The number of pyridine rings is 1. The number of carbonyl (C=O) groups is 1. The summed E-state index contributed by atoms with van der Waals surface area (Å²) in [6.45, 7) is 0.978. The standard InChI is InChI=1S/C15H17N7O/c1-21-9-7-17-14(21)10-18-15(23)19-13-4-8-22(20-13)11-12-2-5-16-6-3-12/h2-9H,10-11H2,1H3,(H2,18,19,20,23). The molecule has 8 nitrogen and oxygen atoms in total. The molecular formula is C15H17N7O. The van der Waals surface area contributed by atoms with Crippen molar-refractivity contribution < 1.29 is 4.79 Å². The second-order valence-corrected chi connectivity index (χ2v) is 5.02. The van der Waals surface area contributed by atoms with Gasteiger partial charge in [0.05, 0.1) is 13.1 Å². The fourth-order valence-corrected chi connectivity index (χ4v) is 2.08. The maximum absolute atomic E-state index is 11.9. The first-order chi connectivity index (χ1) is 11.2. The number of aryl methyl sites for hydroxylation is 1. The molecular weight excluding hydrogens is 294 g/mol. The molecule has 2 N–H and O–H groups in total. The minimum absolute atomic E-state index is 0.317. The average molecular weight is 311 g/mol. The van der Waals surface area contributed by atoms with Crippen molar-refractivity contribution in [1.82, 2.24) is 29.6 Å². The van der Waals surface area contributed by atoms with E-state index < -0.39 is 0 Å².